The first kappa shape index (κ1) is 19.3. The van der Waals surface area contributed by atoms with Crippen LogP contribution in [0.2, 0.25) is 0 Å². The lowest BCUT2D eigenvalue weighted by molar-refractivity contribution is 0.500. The lowest BCUT2D eigenvalue weighted by atomic mass is 10.1. The molecule has 0 aliphatic carbocycles. The van der Waals surface area contributed by atoms with Crippen LogP contribution >= 0.6 is 24.0 Å². The van der Waals surface area contributed by atoms with Crippen LogP contribution in [0.5, 0.6) is 0 Å². The third-order valence-corrected chi connectivity index (χ3v) is 3.06. The van der Waals surface area contributed by atoms with Gasteiger partial charge in [0.05, 0.1) is 0 Å². The molecule has 0 aliphatic rings. The van der Waals surface area contributed by atoms with Crippen molar-refractivity contribution in [2.45, 2.75) is 47.1 Å². The summed E-state index contributed by atoms with van der Waals surface area (Å²) < 4.78 is 5.51. The molecule has 0 atom stereocenters. The third-order valence-electron chi connectivity index (χ3n) is 3.06. The Hall–Kier alpha value is -0.720. The van der Waals surface area contributed by atoms with Gasteiger partial charge in [0, 0.05) is 25.7 Å². The Labute approximate surface area is 139 Å². The van der Waals surface area contributed by atoms with E-state index in [2.05, 4.69) is 35.5 Å². The molecule has 0 radical (unpaired) electrons. The average molecular weight is 393 g/mol. The molecule has 1 rings (SSSR count). The Balaban J connectivity index is 0.00000361. The van der Waals surface area contributed by atoms with Gasteiger partial charge in [-0.3, -0.25) is 4.99 Å². The standard InChI is InChI=1S/C15H27N3O.HI/c1-11(2)7-6-8-17-15(16-5)18-10-14-9-12(3)19-13(14)4;/h9,11H,6-8,10H2,1-5H3,(H2,16,17,18);1H. The van der Waals surface area contributed by atoms with E-state index in [0.717, 1.165) is 36.5 Å². The highest BCUT2D eigenvalue weighted by atomic mass is 127. The van der Waals surface area contributed by atoms with Gasteiger partial charge in [-0.05, 0) is 38.7 Å². The molecule has 0 unspecified atom stereocenters. The Morgan fingerprint density at radius 3 is 2.50 bits per heavy atom. The lowest BCUT2D eigenvalue weighted by Gasteiger charge is -2.12. The van der Waals surface area contributed by atoms with E-state index in [4.69, 9.17) is 4.42 Å². The zero-order chi connectivity index (χ0) is 14.3. The van der Waals surface area contributed by atoms with Gasteiger partial charge in [0.15, 0.2) is 5.96 Å². The van der Waals surface area contributed by atoms with Gasteiger partial charge in [-0.25, -0.2) is 0 Å². The summed E-state index contributed by atoms with van der Waals surface area (Å²) in [4.78, 5) is 4.22. The number of hydrogen-bond donors (Lipinski definition) is 2. The molecule has 0 bridgehead atoms. The topological polar surface area (TPSA) is 49.6 Å². The number of furan rings is 1. The average Bonchev–Trinajstić information content (AvgIpc) is 2.66. The minimum atomic E-state index is 0. The van der Waals surface area contributed by atoms with E-state index in [1.165, 1.54) is 18.4 Å². The summed E-state index contributed by atoms with van der Waals surface area (Å²) in [5.41, 5.74) is 1.18. The summed E-state index contributed by atoms with van der Waals surface area (Å²) >= 11 is 0. The number of halogens is 1. The highest BCUT2D eigenvalue weighted by Gasteiger charge is 2.05. The number of nitrogens with zero attached hydrogens (tertiary/aromatic N) is 1. The molecule has 1 aromatic rings. The SMILES string of the molecule is CN=C(NCCCC(C)C)NCc1cc(C)oc1C.I. The molecule has 4 nitrogen and oxygen atoms in total. The molecular formula is C15H28IN3O. The van der Waals surface area contributed by atoms with Crippen LogP contribution in [-0.4, -0.2) is 19.6 Å². The first-order valence-corrected chi connectivity index (χ1v) is 7.03. The maximum Gasteiger partial charge on any atom is 0.191 e. The molecule has 0 spiro atoms. The van der Waals surface area contributed by atoms with Crippen LogP contribution in [0.15, 0.2) is 15.5 Å². The molecular weight excluding hydrogens is 365 g/mol. The largest absolute Gasteiger partial charge is 0.466 e. The van der Waals surface area contributed by atoms with Crippen molar-refractivity contribution in [3.63, 3.8) is 0 Å². The Kier molecular flexibility index (Phi) is 9.71. The second kappa shape index (κ2) is 10.1. The van der Waals surface area contributed by atoms with Gasteiger partial charge in [0.2, 0.25) is 0 Å². The molecule has 0 saturated carbocycles. The fourth-order valence-corrected chi connectivity index (χ4v) is 1.98. The predicted octanol–water partition coefficient (Wildman–Crippen LogP) is 3.62. The maximum atomic E-state index is 5.51. The molecule has 0 aromatic carbocycles. The van der Waals surface area contributed by atoms with Crippen molar-refractivity contribution in [3.05, 3.63) is 23.2 Å². The number of nitrogens with one attached hydrogen (secondary N) is 2. The van der Waals surface area contributed by atoms with Crippen LogP contribution in [0.1, 0.15) is 43.8 Å². The van der Waals surface area contributed by atoms with E-state index in [9.17, 15) is 0 Å². The fourth-order valence-electron chi connectivity index (χ4n) is 1.98. The summed E-state index contributed by atoms with van der Waals surface area (Å²) in [5, 5.41) is 6.64. The van der Waals surface area contributed by atoms with E-state index in [1.807, 2.05) is 13.8 Å². The molecule has 116 valence electrons. The minimum Gasteiger partial charge on any atom is -0.466 e. The van der Waals surface area contributed by atoms with Gasteiger partial charge in [-0.1, -0.05) is 13.8 Å². The molecule has 1 heterocycles. The van der Waals surface area contributed by atoms with Crippen molar-refractivity contribution >= 4 is 29.9 Å². The first-order chi connectivity index (χ1) is 9.02. The van der Waals surface area contributed by atoms with Gasteiger partial charge in [0.25, 0.3) is 0 Å². The highest BCUT2D eigenvalue weighted by molar-refractivity contribution is 14.0. The van der Waals surface area contributed by atoms with Gasteiger partial charge in [0.1, 0.15) is 11.5 Å². The van der Waals surface area contributed by atoms with E-state index in [1.54, 1.807) is 7.05 Å². The Bertz CT molecular complexity index is 413. The van der Waals surface area contributed by atoms with Crippen molar-refractivity contribution in [1.82, 2.24) is 10.6 Å². The second-order valence-corrected chi connectivity index (χ2v) is 5.33. The van der Waals surface area contributed by atoms with Crippen molar-refractivity contribution in [1.29, 1.82) is 0 Å². The van der Waals surface area contributed by atoms with Crippen LogP contribution in [0.3, 0.4) is 0 Å². The second-order valence-electron chi connectivity index (χ2n) is 5.33. The van der Waals surface area contributed by atoms with Crippen LogP contribution in [0, 0.1) is 19.8 Å². The van der Waals surface area contributed by atoms with E-state index >= 15 is 0 Å². The normalized spacial score (nSPS) is 11.4. The molecule has 5 heteroatoms. The molecule has 1 aromatic heterocycles. The van der Waals surface area contributed by atoms with E-state index in [-0.39, 0.29) is 24.0 Å². The molecule has 0 aliphatic heterocycles. The zero-order valence-electron chi connectivity index (χ0n) is 13.2. The minimum absolute atomic E-state index is 0. The number of aliphatic imine (C=N–C) groups is 1. The van der Waals surface area contributed by atoms with Gasteiger partial charge >= 0.3 is 0 Å². The van der Waals surface area contributed by atoms with E-state index < -0.39 is 0 Å². The van der Waals surface area contributed by atoms with Crippen LogP contribution in [0.4, 0.5) is 0 Å². The summed E-state index contributed by atoms with van der Waals surface area (Å²) in [6.07, 6.45) is 2.41. The van der Waals surface area contributed by atoms with Crippen molar-refractivity contribution in [2.75, 3.05) is 13.6 Å². The predicted molar refractivity (Wildman–Crippen MR) is 95.9 cm³/mol. The van der Waals surface area contributed by atoms with Gasteiger partial charge in [-0.15, -0.1) is 24.0 Å². The van der Waals surface area contributed by atoms with Gasteiger partial charge < -0.3 is 15.1 Å². The first-order valence-electron chi connectivity index (χ1n) is 7.03. The summed E-state index contributed by atoms with van der Waals surface area (Å²) in [6.45, 7) is 10.2. The Morgan fingerprint density at radius 2 is 2.00 bits per heavy atom. The van der Waals surface area contributed by atoms with Crippen molar-refractivity contribution in [3.8, 4) is 0 Å². The Morgan fingerprint density at radius 1 is 1.30 bits per heavy atom. The van der Waals surface area contributed by atoms with Crippen LogP contribution < -0.4 is 10.6 Å². The molecule has 0 fully saturated rings. The van der Waals surface area contributed by atoms with Gasteiger partial charge in [-0.2, -0.15) is 0 Å². The lowest BCUT2D eigenvalue weighted by Crippen LogP contribution is -2.37. The number of rotatable bonds is 6. The van der Waals surface area contributed by atoms with Crippen molar-refractivity contribution < 1.29 is 4.42 Å². The quantitative estimate of drug-likeness (QED) is 0.336. The number of guanidine groups is 1. The molecule has 20 heavy (non-hydrogen) atoms. The smallest absolute Gasteiger partial charge is 0.191 e. The molecule has 0 amide bonds. The molecule has 0 saturated heterocycles. The fraction of sp³-hybridized carbons (Fsp3) is 0.667. The number of aryl methyl sites for hydroxylation is 2. The van der Waals surface area contributed by atoms with E-state index in [0.29, 0.717) is 0 Å². The monoisotopic (exact) mass is 393 g/mol. The molecule has 2 N–H and O–H groups in total. The van der Waals surface area contributed by atoms with Crippen LogP contribution in [0.25, 0.3) is 0 Å². The van der Waals surface area contributed by atoms with Crippen molar-refractivity contribution in [2.24, 2.45) is 10.9 Å². The summed E-state index contributed by atoms with van der Waals surface area (Å²) in [7, 11) is 1.80. The third kappa shape index (κ3) is 7.17. The summed E-state index contributed by atoms with van der Waals surface area (Å²) in [5.74, 6) is 3.53. The maximum absolute atomic E-state index is 5.51. The summed E-state index contributed by atoms with van der Waals surface area (Å²) in [6, 6.07) is 2.06. The zero-order valence-corrected chi connectivity index (χ0v) is 15.6. The highest BCUT2D eigenvalue weighted by Crippen LogP contribution is 2.12. The van der Waals surface area contributed by atoms with Crippen LogP contribution in [-0.2, 0) is 6.54 Å². The number of hydrogen-bond acceptors (Lipinski definition) is 2.